The number of amides is 1. The summed E-state index contributed by atoms with van der Waals surface area (Å²) in [6, 6.07) is 7.20. The molecule has 0 saturated carbocycles. The largest absolute Gasteiger partial charge is 0.416 e. The summed E-state index contributed by atoms with van der Waals surface area (Å²) in [5.74, 6) is -0.899. The number of ketones is 1. The predicted octanol–water partition coefficient (Wildman–Crippen LogP) is 3.68. The summed E-state index contributed by atoms with van der Waals surface area (Å²) >= 11 is 6.34. The van der Waals surface area contributed by atoms with Gasteiger partial charge in [-0.3, -0.25) is 9.59 Å². The highest BCUT2D eigenvalue weighted by Gasteiger charge is 2.30. The van der Waals surface area contributed by atoms with Gasteiger partial charge in [0.05, 0.1) is 17.1 Å². The number of nitrogens with two attached hydrogens (primary N) is 1. The van der Waals surface area contributed by atoms with Crippen molar-refractivity contribution in [2.45, 2.75) is 19.6 Å². The number of nitrogens with zero attached hydrogens (tertiary/aromatic N) is 3. The van der Waals surface area contributed by atoms with Gasteiger partial charge in [0.15, 0.2) is 17.3 Å². The Bertz CT molecular complexity index is 1130. The maximum absolute atomic E-state index is 12.8. The molecule has 3 aromatic rings. The minimum atomic E-state index is -4.49. The first-order chi connectivity index (χ1) is 14.5. The Hall–Kier alpha value is -3.40. The van der Waals surface area contributed by atoms with Gasteiger partial charge >= 0.3 is 6.18 Å². The molecule has 7 nitrogen and oxygen atoms in total. The van der Waals surface area contributed by atoms with Gasteiger partial charge in [0.1, 0.15) is 0 Å². The molecule has 0 fully saturated rings. The third-order valence-corrected chi connectivity index (χ3v) is 4.88. The van der Waals surface area contributed by atoms with Gasteiger partial charge in [-0.2, -0.15) is 13.2 Å². The minimum absolute atomic E-state index is 0.0144. The predicted molar refractivity (Wildman–Crippen MR) is 108 cm³/mol. The molecule has 0 aliphatic carbocycles. The lowest BCUT2D eigenvalue weighted by Gasteiger charge is -2.13. The number of hydrogen-bond acceptors (Lipinski definition) is 5. The first kappa shape index (κ1) is 22.3. The highest BCUT2D eigenvalue weighted by atomic mass is 35.5. The first-order valence-corrected chi connectivity index (χ1v) is 9.32. The Morgan fingerprint density at radius 1 is 1.19 bits per heavy atom. The third kappa shape index (κ3) is 4.53. The van der Waals surface area contributed by atoms with Crippen molar-refractivity contribution >= 4 is 29.1 Å². The number of nitrogens with one attached hydrogen (secondary N) is 1. The maximum atomic E-state index is 12.8. The van der Waals surface area contributed by atoms with Crippen molar-refractivity contribution in [3.8, 4) is 0 Å². The number of halogens is 4. The van der Waals surface area contributed by atoms with Crippen LogP contribution in [0.4, 0.5) is 19.0 Å². The summed E-state index contributed by atoms with van der Waals surface area (Å²) in [5.41, 5.74) is 5.90. The third-order valence-electron chi connectivity index (χ3n) is 4.59. The molecule has 31 heavy (non-hydrogen) atoms. The standard InChI is InChI=1S/C20H17ClF3N5O2/c1-10-7-11(9-29-19(26-2)16(18(25)31)27-28-29)8-14(21)15(10)17(30)12-3-5-13(6-4-12)20(22,23)24/h3-8,26H,9H2,1-2H3,(H2,25,31). The lowest BCUT2D eigenvalue weighted by Crippen LogP contribution is -2.15. The van der Waals surface area contributed by atoms with Crippen LogP contribution in [0.3, 0.4) is 0 Å². The number of carbonyl (C=O) groups is 2. The molecule has 0 aliphatic heterocycles. The number of aromatic nitrogens is 3. The van der Waals surface area contributed by atoms with E-state index in [-0.39, 0.29) is 28.4 Å². The Balaban J connectivity index is 1.90. The highest BCUT2D eigenvalue weighted by molar-refractivity contribution is 6.35. The first-order valence-electron chi connectivity index (χ1n) is 8.95. The molecule has 1 heterocycles. The van der Waals surface area contributed by atoms with Crippen molar-refractivity contribution in [3.05, 3.63) is 74.9 Å². The summed E-state index contributed by atoms with van der Waals surface area (Å²) < 4.78 is 39.7. The molecule has 162 valence electrons. The van der Waals surface area contributed by atoms with Gasteiger partial charge in [-0.05, 0) is 36.2 Å². The minimum Gasteiger partial charge on any atom is -0.371 e. The summed E-state index contributed by atoms with van der Waals surface area (Å²) in [6.45, 7) is 1.85. The van der Waals surface area contributed by atoms with Crippen molar-refractivity contribution in [3.63, 3.8) is 0 Å². The highest BCUT2D eigenvalue weighted by Crippen LogP contribution is 2.31. The fourth-order valence-corrected chi connectivity index (χ4v) is 3.53. The van der Waals surface area contributed by atoms with E-state index in [1.165, 1.54) is 4.68 Å². The molecule has 1 aromatic heterocycles. The van der Waals surface area contributed by atoms with E-state index in [0.29, 0.717) is 16.9 Å². The fourth-order valence-electron chi connectivity index (χ4n) is 3.16. The average molecular weight is 452 g/mol. The van der Waals surface area contributed by atoms with E-state index >= 15 is 0 Å². The molecule has 0 aliphatic rings. The van der Waals surface area contributed by atoms with E-state index in [1.54, 1.807) is 26.1 Å². The van der Waals surface area contributed by atoms with Crippen molar-refractivity contribution < 1.29 is 22.8 Å². The number of rotatable bonds is 6. The van der Waals surface area contributed by atoms with Crippen LogP contribution in [0.25, 0.3) is 0 Å². The Morgan fingerprint density at radius 2 is 1.84 bits per heavy atom. The fraction of sp³-hybridized carbons (Fsp3) is 0.200. The summed E-state index contributed by atoms with van der Waals surface area (Å²) in [4.78, 5) is 24.3. The van der Waals surface area contributed by atoms with Gasteiger partial charge in [-0.25, -0.2) is 4.68 Å². The zero-order valence-corrected chi connectivity index (χ0v) is 17.2. The molecule has 0 atom stereocenters. The van der Waals surface area contributed by atoms with Crippen molar-refractivity contribution in [2.75, 3.05) is 12.4 Å². The smallest absolute Gasteiger partial charge is 0.371 e. The van der Waals surface area contributed by atoms with Crippen LogP contribution in [0.2, 0.25) is 5.02 Å². The quantitative estimate of drug-likeness (QED) is 0.556. The summed E-state index contributed by atoms with van der Waals surface area (Å²) in [6.07, 6.45) is -4.49. The van der Waals surface area contributed by atoms with E-state index in [0.717, 1.165) is 24.3 Å². The van der Waals surface area contributed by atoms with E-state index in [2.05, 4.69) is 15.6 Å². The molecule has 3 N–H and O–H groups in total. The van der Waals surface area contributed by atoms with Gasteiger partial charge in [0, 0.05) is 18.2 Å². The molecular formula is C20H17ClF3N5O2. The zero-order valence-electron chi connectivity index (χ0n) is 16.4. The number of primary amides is 1. The van der Waals surface area contributed by atoms with Crippen molar-refractivity contribution in [2.24, 2.45) is 5.73 Å². The normalized spacial score (nSPS) is 11.4. The van der Waals surface area contributed by atoms with Crippen molar-refractivity contribution in [1.29, 1.82) is 0 Å². The maximum Gasteiger partial charge on any atom is 0.416 e. The van der Waals surface area contributed by atoms with Crippen LogP contribution in [0.15, 0.2) is 36.4 Å². The SMILES string of the molecule is CNc1c(C(N)=O)nnn1Cc1cc(C)c(C(=O)c2ccc(C(F)(F)F)cc2)c(Cl)c1. The topological polar surface area (TPSA) is 103 Å². The molecule has 0 unspecified atom stereocenters. The van der Waals surface area contributed by atoms with Crippen LogP contribution < -0.4 is 11.1 Å². The summed E-state index contributed by atoms with van der Waals surface area (Å²) in [7, 11) is 1.59. The average Bonchev–Trinajstić information content (AvgIpc) is 3.09. The van der Waals surface area contributed by atoms with Gasteiger partial charge in [-0.15, -0.1) is 5.10 Å². The number of aryl methyl sites for hydroxylation is 1. The van der Waals surface area contributed by atoms with Gasteiger partial charge < -0.3 is 11.1 Å². The monoisotopic (exact) mass is 451 g/mol. The van der Waals surface area contributed by atoms with E-state index in [1.807, 2.05) is 0 Å². The molecule has 0 saturated heterocycles. The van der Waals surface area contributed by atoms with Crippen LogP contribution in [0.1, 0.15) is 43.1 Å². The lowest BCUT2D eigenvalue weighted by atomic mass is 9.96. The number of alkyl halides is 3. The molecule has 0 bridgehead atoms. The molecule has 0 radical (unpaired) electrons. The van der Waals surface area contributed by atoms with Gasteiger partial charge in [-0.1, -0.05) is 35.0 Å². The molecular weight excluding hydrogens is 435 g/mol. The van der Waals surface area contributed by atoms with Gasteiger partial charge in [0.25, 0.3) is 5.91 Å². The van der Waals surface area contributed by atoms with Crippen LogP contribution in [-0.2, 0) is 12.7 Å². The zero-order chi connectivity index (χ0) is 22.9. The van der Waals surface area contributed by atoms with Crippen LogP contribution in [-0.4, -0.2) is 33.7 Å². The second kappa shape index (κ2) is 8.38. The number of benzene rings is 2. The molecule has 0 spiro atoms. The lowest BCUT2D eigenvalue weighted by molar-refractivity contribution is -0.137. The second-order valence-electron chi connectivity index (χ2n) is 6.73. The van der Waals surface area contributed by atoms with Crippen LogP contribution >= 0.6 is 11.6 Å². The second-order valence-corrected chi connectivity index (χ2v) is 7.14. The Morgan fingerprint density at radius 3 is 2.35 bits per heavy atom. The number of hydrogen-bond donors (Lipinski definition) is 2. The molecule has 3 rings (SSSR count). The summed E-state index contributed by atoms with van der Waals surface area (Å²) in [5, 5.41) is 10.6. The van der Waals surface area contributed by atoms with Crippen LogP contribution in [0.5, 0.6) is 0 Å². The molecule has 2 aromatic carbocycles. The number of carbonyl (C=O) groups excluding carboxylic acids is 2. The van der Waals surface area contributed by atoms with Crippen LogP contribution in [0, 0.1) is 6.92 Å². The number of anilines is 1. The Kier molecular flexibility index (Phi) is 6.03. The van der Waals surface area contributed by atoms with Gasteiger partial charge in [0.2, 0.25) is 0 Å². The van der Waals surface area contributed by atoms with Crippen molar-refractivity contribution in [1.82, 2.24) is 15.0 Å². The Labute approximate surface area is 180 Å². The van der Waals surface area contributed by atoms with E-state index in [9.17, 15) is 22.8 Å². The van der Waals surface area contributed by atoms with E-state index < -0.39 is 23.4 Å². The molecule has 11 heteroatoms. The molecule has 1 amide bonds. The van der Waals surface area contributed by atoms with E-state index in [4.69, 9.17) is 17.3 Å².